The SMILES string of the molecule is CNCC1C(O)C(O)CC2(C)C3C(=CC(=O)C12)C1(O)C2CSSCC(n4ccnc4)CC(C)(C)C4=C5CCCC6(CCCC6)C5C5=C6C(CCC5)CC(C(O)C64)C(C2)C1(C)CC3CN=C(N)NC(C)O. The summed E-state index contributed by atoms with van der Waals surface area (Å²) in [5.74, 6) is 0.452. The van der Waals surface area contributed by atoms with Gasteiger partial charge in [0.1, 0.15) is 6.23 Å². The van der Waals surface area contributed by atoms with Crippen LogP contribution in [0.5, 0.6) is 0 Å². The Hall–Kier alpha value is -2.17. The van der Waals surface area contributed by atoms with Gasteiger partial charge < -0.3 is 46.5 Å². The second-order valence-corrected chi connectivity index (χ2v) is 28.3. The van der Waals surface area contributed by atoms with E-state index < -0.39 is 52.8 Å². The van der Waals surface area contributed by atoms with Crippen LogP contribution in [0.4, 0.5) is 0 Å². The van der Waals surface area contributed by atoms with Gasteiger partial charge in [0.15, 0.2) is 11.7 Å². The van der Waals surface area contributed by atoms with Crippen molar-refractivity contribution in [3.05, 3.63) is 52.7 Å². The van der Waals surface area contributed by atoms with Gasteiger partial charge in [-0.25, -0.2) is 4.98 Å². The molecule has 1 spiro atoms. The fourth-order valence-corrected chi connectivity index (χ4v) is 22.3. The minimum Gasteiger partial charge on any atom is -0.392 e. The number of imidazole rings is 1. The first-order valence-electron chi connectivity index (χ1n) is 27.5. The first-order chi connectivity index (χ1) is 33.4. The lowest BCUT2D eigenvalue weighted by Gasteiger charge is -2.65. The van der Waals surface area contributed by atoms with E-state index in [-0.39, 0.29) is 65.1 Å². The zero-order chi connectivity index (χ0) is 49.3. The predicted molar refractivity (Wildman–Crippen MR) is 278 cm³/mol. The van der Waals surface area contributed by atoms with Crippen LogP contribution in [-0.4, -0.2) is 109 Å². The van der Waals surface area contributed by atoms with Gasteiger partial charge in [-0.3, -0.25) is 9.79 Å². The van der Waals surface area contributed by atoms with Crippen LogP contribution in [0, 0.1) is 80.8 Å². The number of rotatable bonds is 6. The van der Waals surface area contributed by atoms with Gasteiger partial charge in [-0.1, -0.05) is 84.4 Å². The highest BCUT2D eigenvalue weighted by atomic mass is 33.1. The maximum atomic E-state index is 15.2. The van der Waals surface area contributed by atoms with Crippen LogP contribution in [-0.2, 0) is 4.79 Å². The molecule has 1 saturated heterocycles. The zero-order valence-electron chi connectivity index (χ0n) is 42.8. The molecule has 4 bridgehead atoms. The van der Waals surface area contributed by atoms with Gasteiger partial charge >= 0.3 is 0 Å². The van der Waals surface area contributed by atoms with E-state index in [0.29, 0.717) is 42.5 Å². The molecule has 386 valence electrons. The molecule has 7 fully saturated rings. The summed E-state index contributed by atoms with van der Waals surface area (Å²) in [6, 6.07) is 0.178. The molecule has 0 radical (unpaired) electrons. The van der Waals surface area contributed by atoms with Crippen molar-refractivity contribution < 1.29 is 30.3 Å². The zero-order valence-corrected chi connectivity index (χ0v) is 44.4. The van der Waals surface area contributed by atoms with Crippen LogP contribution >= 0.6 is 21.6 Å². The van der Waals surface area contributed by atoms with Gasteiger partial charge in [-0.05, 0) is 155 Å². The Morgan fingerprint density at radius 2 is 1.71 bits per heavy atom. The molecule has 70 heavy (non-hydrogen) atoms. The fourth-order valence-electron chi connectivity index (χ4n) is 19.6. The van der Waals surface area contributed by atoms with Gasteiger partial charge in [-0.2, -0.15) is 0 Å². The second-order valence-electron chi connectivity index (χ2n) is 25.7. The Morgan fingerprint density at radius 3 is 2.44 bits per heavy atom. The van der Waals surface area contributed by atoms with E-state index in [0.717, 1.165) is 49.9 Å². The molecule has 0 amide bonds. The molecular weight excluding hydrogens is 917 g/mol. The molecule has 0 aromatic carbocycles. The minimum absolute atomic E-state index is 0.0472. The van der Waals surface area contributed by atoms with Crippen molar-refractivity contribution in [2.75, 3.05) is 31.6 Å². The number of nitrogens with one attached hydrogen (secondary N) is 2. The number of fused-ring (bicyclic) bond motifs is 14. The van der Waals surface area contributed by atoms with Crippen LogP contribution in [0.2, 0.25) is 0 Å². The van der Waals surface area contributed by atoms with Crippen molar-refractivity contribution in [2.45, 2.75) is 167 Å². The van der Waals surface area contributed by atoms with Crippen LogP contribution < -0.4 is 16.4 Å². The molecule has 11 rings (SSSR count). The highest BCUT2D eigenvalue weighted by Gasteiger charge is 2.74. The number of aromatic nitrogens is 2. The molecule has 18 atom stereocenters. The Morgan fingerprint density at radius 1 is 0.971 bits per heavy atom. The molecule has 9 aliphatic carbocycles. The number of ketones is 1. The molecule has 6 saturated carbocycles. The van der Waals surface area contributed by atoms with E-state index in [2.05, 4.69) is 54.1 Å². The minimum atomic E-state index is -1.39. The van der Waals surface area contributed by atoms with Crippen LogP contribution in [0.15, 0.2) is 57.7 Å². The molecular formula is C56H84N6O6S2. The van der Waals surface area contributed by atoms with Crippen LogP contribution in [0.25, 0.3) is 0 Å². The third-order valence-corrected chi connectivity index (χ3v) is 24.2. The molecule has 12 nitrogen and oxygen atoms in total. The van der Waals surface area contributed by atoms with E-state index in [9.17, 15) is 25.5 Å². The lowest BCUT2D eigenvalue weighted by Crippen LogP contribution is -2.67. The lowest BCUT2D eigenvalue weighted by molar-refractivity contribution is -0.183. The lowest BCUT2D eigenvalue weighted by atomic mass is 9.41. The number of allylic oxidation sites excluding steroid dienone is 3. The van der Waals surface area contributed by atoms with Gasteiger partial charge in [0.25, 0.3) is 0 Å². The van der Waals surface area contributed by atoms with Crippen molar-refractivity contribution in [2.24, 2.45) is 91.6 Å². The first-order valence-corrected chi connectivity index (χ1v) is 30.0. The Kier molecular flexibility index (Phi) is 13.1. The van der Waals surface area contributed by atoms with E-state index in [1.807, 2.05) is 41.2 Å². The quantitative estimate of drug-likeness (QED) is 0.0465. The summed E-state index contributed by atoms with van der Waals surface area (Å²) in [5, 5.41) is 68.2. The standard InChI is InChI=1S/C56H84N6O6S2/c1-30(63)61-51(57)60-25-32-22-54(5)39-20-33(56(54,68)40-21-41(64)47-38(26-58-6)49(66)42(65)24-53(47,4)45(32)40)27-69-70-28-34(62-18-17-59-29-62)23-52(2,3)48-36-13-10-16-55(14-7-8-15-55)46(36)35-12-9-11-31-19-37(39)50(67)44(48)43(31)35/h17-18,21,29-34,37-39,42,44-47,49-50,58,63,65-68H,7-16,19-20,22-28H2,1-6H3,(H3,57,60,61). The molecule has 18 unspecified atom stereocenters. The van der Waals surface area contributed by atoms with Crippen molar-refractivity contribution >= 4 is 33.3 Å². The average molecular weight is 1000 g/mol. The van der Waals surface area contributed by atoms with Crippen molar-refractivity contribution in [1.82, 2.24) is 20.2 Å². The monoisotopic (exact) mass is 1000 g/mol. The number of guanidine groups is 1. The summed E-state index contributed by atoms with van der Waals surface area (Å²) in [7, 11) is 5.57. The highest BCUT2D eigenvalue weighted by molar-refractivity contribution is 8.76. The summed E-state index contributed by atoms with van der Waals surface area (Å²) < 4.78 is 2.32. The number of nitrogens with zero attached hydrogens (tertiary/aromatic N) is 3. The Labute approximate surface area is 424 Å². The number of aliphatic hydroxyl groups excluding tert-OH is 4. The normalized spacial score (nSPS) is 45.8. The molecule has 2 heterocycles. The molecule has 14 heteroatoms. The van der Waals surface area contributed by atoms with E-state index >= 15 is 4.79 Å². The van der Waals surface area contributed by atoms with E-state index in [1.54, 1.807) is 35.3 Å². The smallest absolute Gasteiger partial charge is 0.190 e. The number of aliphatic hydroxyl groups is 5. The van der Waals surface area contributed by atoms with Gasteiger partial charge in [0, 0.05) is 78.0 Å². The Bertz CT molecular complexity index is 2310. The number of hydrogen-bond acceptors (Lipinski definition) is 11. The summed E-state index contributed by atoms with van der Waals surface area (Å²) in [6.45, 7) is 11.7. The van der Waals surface area contributed by atoms with E-state index in [1.165, 1.54) is 44.9 Å². The molecule has 1 aliphatic heterocycles. The highest BCUT2D eigenvalue weighted by Crippen LogP contribution is 2.74. The van der Waals surface area contributed by atoms with E-state index in [4.69, 9.17) is 10.7 Å². The number of nitrogens with two attached hydrogens (primary N) is 1. The summed E-state index contributed by atoms with van der Waals surface area (Å²) in [6.07, 6.45) is 20.0. The summed E-state index contributed by atoms with van der Waals surface area (Å²) >= 11 is 0. The predicted octanol–water partition coefficient (Wildman–Crippen LogP) is 7.34. The molecule has 1 aromatic rings. The average Bonchev–Trinajstić information content (AvgIpc) is 4.06. The third kappa shape index (κ3) is 7.52. The van der Waals surface area contributed by atoms with Crippen molar-refractivity contribution in [1.29, 1.82) is 0 Å². The Balaban J connectivity index is 1.09. The maximum absolute atomic E-state index is 15.2. The van der Waals surface area contributed by atoms with Crippen molar-refractivity contribution in [3.63, 3.8) is 0 Å². The largest absolute Gasteiger partial charge is 0.392 e. The van der Waals surface area contributed by atoms with Gasteiger partial charge in [0.2, 0.25) is 0 Å². The molecule has 9 N–H and O–H groups in total. The van der Waals surface area contributed by atoms with Crippen LogP contribution in [0.1, 0.15) is 137 Å². The third-order valence-electron chi connectivity index (χ3n) is 21.7. The summed E-state index contributed by atoms with van der Waals surface area (Å²) in [5.41, 5.74) is 11.0. The second kappa shape index (κ2) is 18.3. The molecule has 1 aromatic heterocycles. The number of hydrogen-bond donors (Lipinski definition) is 8. The maximum Gasteiger partial charge on any atom is 0.190 e. The van der Waals surface area contributed by atoms with Crippen molar-refractivity contribution in [3.8, 4) is 0 Å². The number of carbonyl (C=O) groups is 1. The van der Waals surface area contributed by atoms with Gasteiger partial charge in [-0.15, -0.1) is 0 Å². The number of aliphatic imine (C=N–C) groups is 1. The summed E-state index contributed by atoms with van der Waals surface area (Å²) in [4.78, 5) is 24.7. The van der Waals surface area contributed by atoms with Gasteiger partial charge in [0.05, 0.1) is 30.2 Å². The van der Waals surface area contributed by atoms with Crippen LogP contribution in [0.3, 0.4) is 0 Å². The molecule has 10 aliphatic rings. The fraction of sp³-hybridized carbons (Fsp3) is 0.804. The topological polar surface area (TPSA) is 198 Å². The first kappa shape index (κ1) is 50.0. The number of carbonyl (C=O) groups excluding carboxylic acids is 1.